The van der Waals surface area contributed by atoms with Crippen LogP contribution in [0.2, 0.25) is 5.15 Å². The lowest BCUT2D eigenvalue weighted by molar-refractivity contribution is -0.255. The number of benzene rings is 1. The number of fused-ring (bicyclic) bond motifs is 1. The van der Waals surface area contributed by atoms with Gasteiger partial charge in [0.25, 0.3) is 0 Å². The minimum atomic E-state index is -1.35. The molecule has 0 amide bonds. The molecule has 2 heterocycles. The summed E-state index contributed by atoms with van der Waals surface area (Å²) < 4.78 is 1.63. The highest BCUT2D eigenvalue weighted by Crippen LogP contribution is 2.24. The van der Waals surface area contributed by atoms with Crippen LogP contribution in [0.3, 0.4) is 0 Å². The number of carbonyl (C=O) groups is 1. The molecule has 5 nitrogen and oxygen atoms in total. The third-order valence-corrected chi connectivity index (χ3v) is 3.31. The largest absolute Gasteiger partial charge is 0.545 e. The normalized spacial score (nSPS) is 10.9. The van der Waals surface area contributed by atoms with Gasteiger partial charge < -0.3 is 9.90 Å². The minimum Gasteiger partial charge on any atom is -0.545 e. The molecule has 0 saturated carbocycles. The average molecular weight is 287 g/mol. The van der Waals surface area contributed by atoms with Gasteiger partial charge in [0.15, 0.2) is 5.65 Å². The van der Waals surface area contributed by atoms with Gasteiger partial charge in [-0.05, 0) is 25.1 Å². The van der Waals surface area contributed by atoms with Crippen molar-refractivity contribution in [1.29, 1.82) is 0 Å². The number of rotatable bonds is 2. The van der Waals surface area contributed by atoms with Crippen molar-refractivity contribution in [2.24, 2.45) is 0 Å². The standard InChI is InChI=1S/C14H10ClN3O2/c1-8-10-7-11(14(19)20)12(15)16-13(10)18(17-8)9-5-3-2-4-6-9/h2-7H,1H3,(H,19,20)/p-1. The van der Waals surface area contributed by atoms with Crippen LogP contribution in [0.1, 0.15) is 16.1 Å². The number of aromatic nitrogens is 3. The Bertz CT molecular complexity index is 812. The van der Waals surface area contributed by atoms with Gasteiger partial charge in [0.05, 0.1) is 17.4 Å². The van der Waals surface area contributed by atoms with Crippen molar-refractivity contribution in [2.75, 3.05) is 0 Å². The predicted molar refractivity (Wildman–Crippen MR) is 72.9 cm³/mol. The van der Waals surface area contributed by atoms with E-state index in [1.54, 1.807) is 11.6 Å². The lowest BCUT2D eigenvalue weighted by Gasteiger charge is -2.06. The molecular weight excluding hydrogens is 278 g/mol. The Morgan fingerprint density at radius 3 is 2.65 bits per heavy atom. The van der Waals surface area contributed by atoms with Crippen molar-refractivity contribution in [2.45, 2.75) is 6.92 Å². The van der Waals surface area contributed by atoms with Crippen LogP contribution in [0, 0.1) is 6.92 Å². The molecule has 0 aliphatic carbocycles. The lowest BCUT2D eigenvalue weighted by Crippen LogP contribution is -2.23. The SMILES string of the molecule is Cc1nn(-c2ccccc2)c2nc(Cl)c(C(=O)[O-])cc12. The van der Waals surface area contributed by atoms with Gasteiger partial charge in [0, 0.05) is 10.9 Å². The number of aromatic carboxylic acids is 1. The average Bonchev–Trinajstić information content (AvgIpc) is 2.75. The van der Waals surface area contributed by atoms with Crippen LogP contribution >= 0.6 is 11.6 Å². The van der Waals surface area contributed by atoms with E-state index in [0.717, 1.165) is 5.69 Å². The Kier molecular flexibility index (Phi) is 2.91. The molecule has 0 atom stereocenters. The molecular formula is C14H9ClN3O2-. The highest BCUT2D eigenvalue weighted by atomic mass is 35.5. The van der Waals surface area contributed by atoms with Crippen LogP contribution in [0.25, 0.3) is 16.7 Å². The first-order valence-corrected chi connectivity index (χ1v) is 6.28. The molecule has 0 aliphatic heterocycles. The van der Waals surface area contributed by atoms with Gasteiger partial charge in [0.1, 0.15) is 5.15 Å². The number of carboxylic acid groups (broad SMARTS) is 1. The summed E-state index contributed by atoms with van der Waals surface area (Å²) in [6, 6.07) is 10.9. The molecule has 6 heteroatoms. The Morgan fingerprint density at radius 1 is 1.30 bits per heavy atom. The van der Waals surface area contributed by atoms with E-state index in [1.165, 1.54) is 6.07 Å². The zero-order chi connectivity index (χ0) is 14.3. The Balaban J connectivity index is 2.32. The fourth-order valence-corrected chi connectivity index (χ4v) is 2.26. The fourth-order valence-electron chi connectivity index (χ4n) is 2.05. The van der Waals surface area contributed by atoms with E-state index in [4.69, 9.17) is 11.6 Å². The van der Waals surface area contributed by atoms with Crippen molar-refractivity contribution >= 4 is 28.6 Å². The van der Waals surface area contributed by atoms with Crippen LogP contribution in [-0.2, 0) is 0 Å². The second-order valence-corrected chi connectivity index (χ2v) is 4.68. The zero-order valence-electron chi connectivity index (χ0n) is 10.5. The van der Waals surface area contributed by atoms with Gasteiger partial charge >= 0.3 is 0 Å². The van der Waals surface area contributed by atoms with Gasteiger partial charge in [0.2, 0.25) is 0 Å². The maximum Gasteiger partial charge on any atom is 0.164 e. The van der Waals surface area contributed by atoms with E-state index < -0.39 is 5.97 Å². The van der Waals surface area contributed by atoms with Crippen LogP contribution in [0.4, 0.5) is 0 Å². The number of carbonyl (C=O) groups excluding carboxylic acids is 1. The van der Waals surface area contributed by atoms with Gasteiger partial charge in [-0.3, -0.25) is 0 Å². The number of hydrogen-bond acceptors (Lipinski definition) is 4. The first kappa shape index (κ1) is 12.6. The first-order chi connectivity index (χ1) is 9.58. The van der Waals surface area contributed by atoms with Crippen molar-refractivity contribution < 1.29 is 9.90 Å². The number of nitrogens with zero attached hydrogens (tertiary/aromatic N) is 3. The Labute approximate surface area is 119 Å². The van der Waals surface area contributed by atoms with E-state index in [0.29, 0.717) is 16.7 Å². The molecule has 0 fully saturated rings. The molecule has 3 rings (SSSR count). The molecule has 0 radical (unpaired) electrons. The summed E-state index contributed by atoms with van der Waals surface area (Å²) >= 11 is 5.89. The Morgan fingerprint density at radius 2 is 2.00 bits per heavy atom. The van der Waals surface area contributed by atoms with Gasteiger partial charge in [-0.1, -0.05) is 29.8 Å². The molecule has 0 saturated heterocycles. The maximum atomic E-state index is 11.0. The van der Waals surface area contributed by atoms with E-state index in [1.807, 2.05) is 30.3 Å². The lowest BCUT2D eigenvalue weighted by atomic mass is 10.2. The summed E-state index contributed by atoms with van der Waals surface area (Å²) in [5.74, 6) is -1.35. The molecule has 2 aromatic heterocycles. The van der Waals surface area contributed by atoms with Crippen LogP contribution in [0.15, 0.2) is 36.4 Å². The van der Waals surface area contributed by atoms with Gasteiger partial charge in [-0.2, -0.15) is 5.10 Å². The number of halogens is 1. The van der Waals surface area contributed by atoms with E-state index in [2.05, 4.69) is 10.1 Å². The second kappa shape index (κ2) is 4.61. The van der Waals surface area contributed by atoms with E-state index in [-0.39, 0.29) is 10.7 Å². The highest BCUT2D eigenvalue weighted by Gasteiger charge is 2.14. The topological polar surface area (TPSA) is 70.8 Å². The van der Waals surface area contributed by atoms with E-state index in [9.17, 15) is 9.90 Å². The van der Waals surface area contributed by atoms with Crippen molar-refractivity contribution in [3.05, 3.63) is 52.8 Å². The zero-order valence-corrected chi connectivity index (χ0v) is 11.3. The van der Waals surface area contributed by atoms with Gasteiger partial charge in [-0.25, -0.2) is 9.67 Å². The second-order valence-electron chi connectivity index (χ2n) is 4.32. The van der Waals surface area contributed by atoms with E-state index >= 15 is 0 Å². The van der Waals surface area contributed by atoms with Crippen molar-refractivity contribution in [3.8, 4) is 5.69 Å². The fraction of sp³-hybridized carbons (Fsp3) is 0.0714. The predicted octanol–water partition coefficient (Wildman–Crippen LogP) is 1.75. The molecule has 0 spiro atoms. The highest BCUT2D eigenvalue weighted by molar-refractivity contribution is 6.32. The third-order valence-electron chi connectivity index (χ3n) is 3.02. The molecule has 0 N–H and O–H groups in total. The third kappa shape index (κ3) is 1.92. The number of pyridine rings is 1. The monoisotopic (exact) mass is 286 g/mol. The summed E-state index contributed by atoms with van der Waals surface area (Å²) in [4.78, 5) is 15.1. The number of aryl methyl sites for hydroxylation is 1. The van der Waals surface area contributed by atoms with Crippen molar-refractivity contribution in [1.82, 2.24) is 14.8 Å². The Hall–Kier alpha value is -2.40. The number of carboxylic acids is 1. The summed E-state index contributed by atoms with van der Waals surface area (Å²) in [7, 11) is 0. The first-order valence-electron chi connectivity index (χ1n) is 5.90. The molecule has 0 unspecified atom stereocenters. The number of hydrogen-bond donors (Lipinski definition) is 0. The molecule has 0 bridgehead atoms. The van der Waals surface area contributed by atoms with Crippen LogP contribution in [-0.4, -0.2) is 20.7 Å². The quantitative estimate of drug-likeness (QED) is 0.673. The maximum absolute atomic E-state index is 11.0. The van der Waals surface area contributed by atoms with Crippen LogP contribution in [0.5, 0.6) is 0 Å². The summed E-state index contributed by atoms with van der Waals surface area (Å²) in [5.41, 5.74) is 1.89. The molecule has 0 aliphatic rings. The van der Waals surface area contributed by atoms with Gasteiger partial charge in [-0.15, -0.1) is 0 Å². The smallest absolute Gasteiger partial charge is 0.164 e. The molecule has 3 aromatic rings. The summed E-state index contributed by atoms with van der Waals surface area (Å²) in [6.07, 6.45) is 0. The summed E-state index contributed by atoms with van der Waals surface area (Å²) in [5, 5.41) is 15.9. The van der Waals surface area contributed by atoms with Crippen molar-refractivity contribution in [3.63, 3.8) is 0 Å². The molecule has 100 valence electrons. The van der Waals surface area contributed by atoms with Crippen LogP contribution < -0.4 is 5.11 Å². The molecule has 1 aromatic carbocycles. The molecule has 20 heavy (non-hydrogen) atoms. The summed E-state index contributed by atoms with van der Waals surface area (Å²) in [6.45, 7) is 1.79. The number of para-hydroxylation sites is 1. The minimum absolute atomic E-state index is 0.102.